The van der Waals surface area contributed by atoms with E-state index in [9.17, 15) is 4.39 Å². The number of rotatable bonds is 2. The number of terminal acetylenes is 1. The molecular formula is C10H9FO. The van der Waals surface area contributed by atoms with Crippen LogP contribution in [-0.4, -0.2) is 11.8 Å². The molecule has 1 nitrogen and oxygen atoms in total. The van der Waals surface area contributed by atoms with Gasteiger partial charge in [0.05, 0.1) is 0 Å². The average molecular weight is 164 g/mol. The molecule has 1 rings (SSSR count). The van der Waals surface area contributed by atoms with Crippen LogP contribution in [0.3, 0.4) is 0 Å². The van der Waals surface area contributed by atoms with Gasteiger partial charge in [0, 0.05) is 5.56 Å². The first-order chi connectivity index (χ1) is 5.77. The van der Waals surface area contributed by atoms with Crippen LogP contribution in [0.25, 0.3) is 0 Å². The monoisotopic (exact) mass is 164 g/mol. The molecule has 0 heterocycles. The van der Waals surface area contributed by atoms with Crippen molar-refractivity contribution in [3.05, 3.63) is 35.4 Å². The van der Waals surface area contributed by atoms with Gasteiger partial charge in [-0.1, -0.05) is 18.1 Å². The molecule has 0 amide bonds. The maximum Gasteiger partial charge on any atom is 0.119 e. The van der Waals surface area contributed by atoms with Crippen molar-refractivity contribution >= 4 is 0 Å². The van der Waals surface area contributed by atoms with Crippen LogP contribution < -0.4 is 0 Å². The topological polar surface area (TPSA) is 20.2 Å². The van der Waals surface area contributed by atoms with Crippen LogP contribution in [0.2, 0.25) is 0 Å². The summed E-state index contributed by atoms with van der Waals surface area (Å²) >= 11 is 0. The van der Waals surface area contributed by atoms with Crippen molar-refractivity contribution in [1.82, 2.24) is 0 Å². The zero-order valence-corrected chi connectivity index (χ0v) is 6.50. The minimum atomic E-state index is -1.06. The molecule has 0 radical (unpaired) electrons. The van der Waals surface area contributed by atoms with Crippen LogP contribution in [0.5, 0.6) is 0 Å². The van der Waals surface area contributed by atoms with Gasteiger partial charge in [-0.05, 0) is 17.7 Å². The maximum absolute atomic E-state index is 12.0. The third-order valence-electron chi connectivity index (χ3n) is 1.58. The van der Waals surface area contributed by atoms with Crippen molar-refractivity contribution in [2.75, 3.05) is 6.67 Å². The van der Waals surface area contributed by atoms with Crippen molar-refractivity contribution in [2.24, 2.45) is 0 Å². The second-order valence-corrected chi connectivity index (χ2v) is 2.44. The standard InChI is InChI=1S/C10H9FO/c1-2-8-4-3-5-9(6-8)10(12)7-11/h1,3-6,10,12H,7H2. The summed E-state index contributed by atoms with van der Waals surface area (Å²) in [5.41, 5.74) is 1.17. The molecule has 2 heteroatoms. The van der Waals surface area contributed by atoms with E-state index in [0.717, 1.165) is 0 Å². The minimum absolute atomic E-state index is 0.521. The predicted octanol–water partition coefficient (Wildman–Crippen LogP) is 1.67. The summed E-state index contributed by atoms with van der Waals surface area (Å²) in [6, 6.07) is 6.67. The molecular weight excluding hydrogens is 155 g/mol. The Bertz CT molecular complexity index is 301. The molecule has 1 N–H and O–H groups in total. The van der Waals surface area contributed by atoms with Gasteiger partial charge in [-0.15, -0.1) is 6.42 Å². The molecule has 0 bridgehead atoms. The fraction of sp³-hybridized carbons (Fsp3) is 0.200. The lowest BCUT2D eigenvalue weighted by molar-refractivity contribution is 0.142. The Morgan fingerprint density at radius 2 is 2.33 bits per heavy atom. The summed E-state index contributed by atoms with van der Waals surface area (Å²) in [5, 5.41) is 9.11. The number of alkyl halides is 1. The first kappa shape index (κ1) is 8.76. The van der Waals surface area contributed by atoms with Crippen molar-refractivity contribution in [3.8, 4) is 12.3 Å². The van der Waals surface area contributed by atoms with Crippen LogP contribution in [0, 0.1) is 12.3 Å². The van der Waals surface area contributed by atoms with Crippen LogP contribution >= 0.6 is 0 Å². The Hall–Kier alpha value is -1.33. The molecule has 1 atom stereocenters. The highest BCUT2D eigenvalue weighted by atomic mass is 19.1. The van der Waals surface area contributed by atoms with E-state index < -0.39 is 12.8 Å². The van der Waals surface area contributed by atoms with E-state index in [-0.39, 0.29) is 0 Å². The van der Waals surface area contributed by atoms with E-state index in [2.05, 4.69) is 5.92 Å². The molecule has 0 spiro atoms. The molecule has 0 aliphatic carbocycles. The number of hydrogen-bond donors (Lipinski definition) is 1. The van der Waals surface area contributed by atoms with Gasteiger partial charge in [-0.2, -0.15) is 0 Å². The van der Waals surface area contributed by atoms with Crippen molar-refractivity contribution in [3.63, 3.8) is 0 Å². The Balaban J connectivity index is 2.95. The predicted molar refractivity (Wildman–Crippen MR) is 45.3 cm³/mol. The fourth-order valence-corrected chi connectivity index (χ4v) is 0.925. The van der Waals surface area contributed by atoms with E-state index >= 15 is 0 Å². The molecule has 0 saturated heterocycles. The second-order valence-electron chi connectivity index (χ2n) is 2.44. The zero-order valence-electron chi connectivity index (χ0n) is 6.50. The SMILES string of the molecule is C#Cc1cccc(C(O)CF)c1. The van der Waals surface area contributed by atoms with Gasteiger partial charge in [0.15, 0.2) is 0 Å². The normalized spacial score (nSPS) is 12.1. The van der Waals surface area contributed by atoms with E-state index in [0.29, 0.717) is 11.1 Å². The maximum atomic E-state index is 12.0. The summed E-state index contributed by atoms with van der Waals surface area (Å²) in [5.74, 6) is 2.41. The second kappa shape index (κ2) is 3.89. The number of aliphatic hydroxyl groups excluding tert-OH is 1. The third-order valence-corrected chi connectivity index (χ3v) is 1.58. The highest BCUT2D eigenvalue weighted by Crippen LogP contribution is 2.14. The first-order valence-electron chi connectivity index (χ1n) is 3.58. The lowest BCUT2D eigenvalue weighted by atomic mass is 10.1. The Morgan fingerprint density at radius 1 is 1.58 bits per heavy atom. The summed E-state index contributed by atoms with van der Waals surface area (Å²) in [7, 11) is 0. The largest absolute Gasteiger partial charge is 0.386 e. The quantitative estimate of drug-likeness (QED) is 0.659. The number of benzene rings is 1. The highest BCUT2D eigenvalue weighted by molar-refractivity contribution is 5.36. The van der Waals surface area contributed by atoms with Gasteiger partial charge in [0.2, 0.25) is 0 Å². The van der Waals surface area contributed by atoms with E-state index in [1.165, 1.54) is 0 Å². The Morgan fingerprint density at radius 3 is 2.92 bits per heavy atom. The van der Waals surface area contributed by atoms with Crippen LogP contribution in [0.15, 0.2) is 24.3 Å². The minimum Gasteiger partial charge on any atom is -0.386 e. The van der Waals surface area contributed by atoms with Crippen molar-refractivity contribution in [1.29, 1.82) is 0 Å². The van der Waals surface area contributed by atoms with E-state index in [4.69, 9.17) is 11.5 Å². The summed E-state index contributed by atoms with van der Waals surface area (Å²) in [6.07, 6.45) is 4.08. The highest BCUT2D eigenvalue weighted by Gasteiger charge is 2.05. The van der Waals surface area contributed by atoms with Crippen molar-refractivity contribution < 1.29 is 9.50 Å². The smallest absolute Gasteiger partial charge is 0.119 e. The van der Waals surface area contributed by atoms with Crippen LogP contribution in [0.1, 0.15) is 17.2 Å². The summed E-state index contributed by atoms with van der Waals surface area (Å²) in [4.78, 5) is 0. The molecule has 0 saturated carbocycles. The molecule has 12 heavy (non-hydrogen) atoms. The van der Waals surface area contributed by atoms with Gasteiger partial charge in [0.25, 0.3) is 0 Å². The Labute approximate surface area is 70.9 Å². The molecule has 1 unspecified atom stereocenters. The summed E-state index contributed by atoms with van der Waals surface area (Å²) < 4.78 is 12.0. The summed E-state index contributed by atoms with van der Waals surface area (Å²) in [6.45, 7) is -0.784. The van der Waals surface area contributed by atoms with E-state index in [1.807, 2.05) is 0 Å². The van der Waals surface area contributed by atoms with Gasteiger partial charge in [-0.25, -0.2) is 4.39 Å². The molecule has 0 aliphatic rings. The molecule has 0 fully saturated rings. The van der Waals surface area contributed by atoms with Gasteiger partial charge < -0.3 is 5.11 Å². The van der Waals surface area contributed by atoms with Crippen LogP contribution in [0.4, 0.5) is 4.39 Å². The molecule has 0 aromatic heterocycles. The fourth-order valence-electron chi connectivity index (χ4n) is 0.925. The number of halogens is 1. The van der Waals surface area contributed by atoms with Gasteiger partial charge in [-0.3, -0.25) is 0 Å². The van der Waals surface area contributed by atoms with Gasteiger partial charge in [0.1, 0.15) is 12.8 Å². The van der Waals surface area contributed by atoms with Crippen LogP contribution in [-0.2, 0) is 0 Å². The molecule has 1 aromatic rings. The van der Waals surface area contributed by atoms with E-state index in [1.54, 1.807) is 24.3 Å². The first-order valence-corrected chi connectivity index (χ1v) is 3.58. The molecule has 62 valence electrons. The lowest BCUT2D eigenvalue weighted by Crippen LogP contribution is -1.98. The Kier molecular flexibility index (Phi) is 2.84. The number of aliphatic hydroxyl groups is 1. The van der Waals surface area contributed by atoms with Crippen molar-refractivity contribution in [2.45, 2.75) is 6.10 Å². The van der Waals surface area contributed by atoms with Gasteiger partial charge >= 0.3 is 0 Å². The average Bonchev–Trinajstić information content (AvgIpc) is 2.17. The molecule has 1 aromatic carbocycles. The lowest BCUT2D eigenvalue weighted by Gasteiger charge is -2.05. The zero-order chi connectivity index (χ0) is 8.97. The third kappa shape index (κ3) is 1.84. The number of hydrogen-bond acceptors (Lipinski definition) is 1. The molecule has 0 aliphatic heterocycles.